The third-order valence-electron chi connectivity index (χ3n) is 4.15. The lowest BCUT2D eigenvalue weighted by molar-refractivity contribution is 1.11. The molecule has 0 aliphatic rings. The summed E-state index contributed by atoms with van der Waals surface area (Å²) in [6, 6.07) is 6.89. The van der Waals surface area contributed by atoms with Crippen molar-refractivity contribution in [2.45, 2.75) is 40.0 Å². The first-order valence-electron chi connectivity index (χ1n) is 7.45. The molecule has 0 atom stereocenters. The molecule has 0 nitrogen and oxygen atoms in total. The zero-order valence-corrected chi connectivity index (χ0v) is 15.7. The lowest BCUT2D eigenvalue weighted by atomic mass is 10.0. The van der Waals surface area contributed by atoms with Gasteiger partial charge >= 0.3 is 0 Å². The van der Waals surface area contributed by atoms with Crippen molar-refractivity contribution in [3.8, 4) is 0 Å². The van der Waals surface area contributed by atoms with Crippen LogP contribution in [0.2, 0.25) is 5.02 Å². The van der Waals surface area contributed by atoms with Crippen LogP contribution in [0.4, 0.5) is 0 Å². The molecule has 1 aromatic heterocycles. The van der Waals surface area contributed by atoms with Crippen molar-refractivity contribution in [1.82, 2.24) is 0 Å². The molecule has 0 amide bonds. The van der Waals surface area contributed by atoms with Crippen LogP contribution in [0, 0.1) is 0 Å². The van der Waals surface area contributed by atoms with E-state index in [-0.39, 0.29) is 0 Å². The molecule has 1 heterocycles. The monoisotopic (exact) mass is 380 g/mol. The molecule has 0 aliphatic carbocycles. The zero-order chi connectivity index (χ0) is 15.1. The van der Waals surface area contributed by atoms with Crippen LogP contribution in [-0.2, 0) is 19.3 Å². The first-order valence-corrected chi connectivity index (χ1v) is 9.44. The van der Waals surface area contributed by atoms with E-state index in [0.717, 1.165) is 24.3 Å². The van der Waals surface area contributed by atoms with Gasteiger partial charge in [0, 0.05) is 29.7 Å². The molecule has 3 aromatic rings. The Bertz CT molecular complexity index is 832. The minimum Gasteiger partial charge on any atom is -0.135 e. The van der Waals surface area contributed by atoms with Crippen LogP contribution in [0.25, 0.3) is 20.2 Å². The maximum Gasteiger partial charge on any atom is 0.0484 e. The van der Waals surface area contributed by atoms with Gasteiger partial charge in [0.25, 0.3) is 0 Å². The van der Waals surface area contributed by atoms with E-state index in [1.807, 2.05) is 11.3 Å². The van der Waals surface area contributed by atoms with Gasteiger partial charge in [0.15, 0.2) is 0 Å². The molecular weight excluding hydrogens is 364 g/mol. The van der Waals surface area contributed by atoms with Gasteiger partial charge in [-0.05, 0) is 54.2 Å². The lowest BCUT2D eigenvalue weighted by Crippen LogP contribution is -1.90. The van der Waals surface area contributed by atoms with E-state index in [4.69, 9.17) is 11.6 Å². The Labute approximate surface area is 143 Å². The molecular formula is C18H18BrClS. The third-order valence-corrected chi connectivity index (χ3v) is 6.59. The number of benzene rings is 2. The zero-order valence-electron chi connectivity index (χ0n) is 12.5. The van der Waals surface area contributed by atoms with Crippen LogP contribution in [-0.4, -0.2) is 0 Å². The number of hydrogen-bond acceptors (Lipinski definition) is 1. The van der Waals surface area contributed by atoms with E-state index in [9.17, 15) is 0 Å². The van der Waals surface area contributed by atoms with E-state index in [0.29, 0.717) is 0 Å². The van der Waals surface area contributed by atoms with Gasteiger partial charge in [-0.15, -0.1) is 11.3 Å². The molecule has 0 radical (unpaired) electrons. The molecule has 0 saturated heterocycles. The van der Waals surface area contributed by atoms with Gasteiger partial charge in [0.1, 0.15) is 0 Å². The lowest BCUT2D eigenvalue weighted by Gasteiger charge is -2.08. The van der Waals surface area contributed by atoms with E-state index in [1.165, 1.54) is 41.3 Å². The Balaban J connectivity index is 2.47. The molecule has 0 fully saturated rings. The van der Waals surface area contributed by atoms with Crippen molar-refractivity contribution in [1.29, 1.82) is 0 Å². The Hall–Kier alpha value is -0.570. The van der Waals surface area contributed by atoms with Gasteiger partial charge < -0.3 is 0 Å². The van der Waals surface area contributed by atoms with Crippen molar-refractivity contribution in [2.24, 2.45) is 0 Å². The smallest absolute Gasteiger partial charge is 0.0484 e. The van der Waals surface area contributed by atoms with Crippen molar-refractivity contribution >= 4 is 59.0 Å². The Morgan fingerprint density at radius 3 is 2.24 bits per heavy atom. The minimum absolute atomic E-state index is 0.967. The van der Waals surface area contributed by atoms with Crippen LogP contribution < -0.4 is 0 Å². The number of thiophene rings is 1. The summed E-state index contributed by atoms with van der Waals surface area (Å²) in [5, 5.41) is 3.71. The number of aryl methyl sites for hydroxylation is 3. The summed E-state index contributed by atoms with van der Waals surface area (Å²) in [6.07, 6.45) is 3.01. The highest BCUT2D eigenvalue weighted by atomic mass is 79.9. The number of rotatable bonds is 3. The van der Waals surface area contributed by atoms with Crippen LogP contribution in [0.15, 0.2) is 22.7 Å². The molecule has 3 heteroatoms. The second kappa shape index (κ2) is 5.91. The summed E-state index contributed by atoms with van der Waals surface area (Å²) in [7, 11) is 0. The van der Waals surface area contributed by atoms with Gasteiger partial charge in [-0.25, -0.2) is 0 Å². The molecule has 2 aromatic carbocycles. The summed E-state index contributed by atoms with van der Waals surface area (Å²) in [4.78, 5) is 0. The molecule has 0 unspecified atom stereocenters. The maximum atomic E-state index is 6.60. The third kappa shape index (κ3) is 2.42. The standard InChI is InChI=1S/C18H18BrClS/c1-4-10-7-13-14-8-11(5-2)17(20)12(6-3)18(14)21-16(13)9-15(10)19/h7-9H,4-6H2,1-3H3. The van der Waals surface area contributed by atoms with E-state index >= 15 is 0 Å². The average Bonchev–Trinajstić information content (AvgIpc) is 2.82. The molecule has 0 aliphatic heterocycles. The molecule has 110 valence electrons. The molecule has 21 heavy (non-hydrogen) atoms. The van der Waals surface area contributed by atoms with Crippen molar-refractivity contribution in [3.05, 3.63) is 44.4 Å². The van der Waals surface area contributed by atoms with Crippen molar-refractivity contribution < 1.29 is 0 Å². The summed E-state index contributed by atoms with van der Waals surface area (Å²) in [5.74, 6) is 0. The van der Waals surface area contributed by atoms with Gasteiger partial charge in [-0.1, -0.05) is 48.3 Å². The van der Waals surface area contributed by atoms with Crippen LogP contribution >= 0.6 is 38.9 Å². The van der Waals surface area contributed by atoms with Crippen LogP contribution in [0.1, 0.15) is 37.5 Å². The van der Waals surface area contributed by atoms with E-state index < -0.39 is 0 Å². The fraction of sp³-hybridized carbons (Fsp3) is 0.333. The fourth-order valence-corrected chi connectivity index (χ4v) is 5.50. The summed E-state index contributed by atoms with van der Waals surface area (Å²) in [6.45, 7) is 6.57. The van der Waals surface area contributed by atoms with Gasteiger partial charge in [-0.2, -0.15) is 0 Å². The topological polar surface area (TPSA) is 0 Å². The largest absolute Gasteiger partial charge is 0.135 e. The molecule has 0 spiro atoms. The molecule has 3 rings (SSSR count). The first kappa shape index (κ1) is 15.3. The van der Waals surface area contributed by atoms with Crippen molar-refractivity contribution in [3.63, 3.8) is 0 Å². The highest BCUT2D eigenvalue weighted by Crippen LogP contribution is 2.42. The second-order valence-corrected chi connectivity index (χ2v) is 7.59. The van der Waals surface area contributed by atoms with Gasteiger partial charge in [0.05, 0.1) is 0 Å². The first-order chi connectivity index (χ1) is 10.1. The number of fused-ring (bicyclic) bond motifs is 3. The SMILES string of the molecule is CCc1cc2c(cc1Br)sc1c(CC)c(Cl)c(CC)cc12. The Morgan fingerprint density at radius 1 is 0.952 bits per heavy atom. The van der Waals surface area contributed by atoms with E-state index in [2.05, 4.69) is 54.9 Å². The highest BCUT2D eigenvalue weighted by molar-refractivity contribution is 9.10. The average molecular weight is 382 g/mol. The van der Waals surface area contributed by atoms with Crippen molar-refractivity contribution in [2.75, 3.05) is 0 Å². The molecule has 0 bridgehead atoms. The summed E-state index contributed by atoms with van der Waals surface area (Å²) >= 11 is 12.2. The quantitative estimate of drug-likeness (QED) is 0.451. The predicted octanol–water partition coefficient (Wildman–Crippen LogP) is 7.16. The normalized spacial score (nSPS) is 11.7. The highest BCUT2D eigenvalue weighted by Gasteiger charge is 2.15. The Kier molecular flexibility index (Phi) is 4.31. The van der Waals surface area contributed by atoms with Crippen LogP contribution in [0.5, 0.6) is 0 Å². The molecule has 0 saturated carbocycles. The summed E-state index contributed by atoms with van der Waals surface area (Å²) < 4.78 is 3.91. The number of hydrogen-bond donors (Lipinski definition) is 0. The maximum absolute atomic E-state index is 6.60. The Morgan fingerprint density at radius 2 is 1.62 bits per heavy atom. The van der Waals surface area contributed by atoms with Crippen LogP contribution in [0.3, 0.4) is 0 Å². The predicted molar refractivity (Wildman–Crippen MR) is 100 cm³/mol. The second-order valence-electron chi connectivity index (χ2n) is 5.31. The fourth-order valence-electron chi connectivity index (χ4n) is 2.92. The van der Waals surface area contributed by atoms with E-state index in [1.54, 1.807) is 0 Å². The van der Waals surface area contributed by atoms with Gasteiger partial charge in [0.2, 0.25) is 0 Å². The van der Waals surface area contributed by atoms with Gasteiger partial charge in [-0.3, -0.25) is 0 Å². The molecule has 0 N–H and O–H groups in total. The number of halogens is 2. The summed E-state index contributed by atoms with van der Waals surface area (Å²) in [5.41, 5.74) is 3.94. The minimum atomic E-state index is 0.967.